The second kappa shape index (κ2) is 4.61. The number of benzene rings is 1. The highest BCUT2D eigenvalue weighted by atomic mass is 16.5. The van der Waals surface area contributed by atoms with Gasteiger partial charge in [-0.25, -0.2) is 4.79 Å². The molecule has 0 aliphatic heterocycles. The molecule has 0 saturated carbocycles. The lowest BCUT2D eigenvalue weighted by atomic mass is 10.3. The van der Waals surface area contributed by atoms with Gasteiger partial charge < -0.3 is 19.0 Å². The summed E-state index contributed by atoms with van der Waals surface area (Å²) < 4.78 is 14.7. The van der Waals surface area contributed by atoms with Crippen molar-refractivity contribution in [3.63, 3.8) is 0 Å². The van der Waals surface area contributed by atoms with Crippen molar-refractivity contribution in [2.75, 3.05) is 7.11 Å². The van der Waals surface area contributed by atoms with E-state index in [1.165, 1.54) is 37.6 Å². The molecule has 0 bridgehead atoms. The molecule has 1 heterocycles. The monoisotopic (exact) mass is 234 g/mol. The van der Waals surface area contributed by atoms with Crippen LogP contribution in [0.2, 0.25) is 0 Å². The van der Waals surface area contributed by atoms with Gasteiger partial charge in [0.1, 0.15) is 5.75 Å². The van der Waals surface area contributed by atoms with Crippen molar-refractivity contribution < 1.29 is 23.8 Å². The highest BCUT2D eigenvalue weighted by Gasteiger charge is 2.12. The highest BCUT2D eigenvalue weighted by Crippen LogP contribution is 2.30. The predicted molar refractivity (Wildman–Crippen MR) is 58.3 cm³/mol. The van der Waals surface area contributed by atoms with Crippen LogP contribution in [0.3, 0.4) is 0 Å². The van der Waals surface area contributed by atoms with E-state index < -0.39 is 5.97 Å². The lowest BCUT2D eigenvalue weighted by Crippen LogP contribution is -2.06. The van der Waals surface area contributed by atoms with Gasteiger partial charge in [0, 0.05) is 6.07 Å². The number of furan rings is 1. The van der Waals surface area contributed by atoms with Crippen LogP contribution in [0.4, 0.5) is 0 Å². The molecule has 1 N–H and O–H groups in total. The zero-order valence-electron chi connectivity index (χ0n) is 9.04. The van der Waals surface area contributed by atoms with E-state index in [2.05, 4.69) is 0 Å². The third-order valence-corrected chi connectivity index (χ3v) is 2.08. The van der Waals surface area contributed by atoms with Crippen LogP contribution >= 0.6 is 0 Å². The van der Waals surface area contributed by atoms with Crippen molar-refractivity contribution >= 4 is 5.97 Å². The van der Waals surface area contributed by atoms with Crippen LogP contribution in [0.5, 0.6) is 17.2 Å². The van der Waals surface area contributed by atoms with Crippen LogP contribution in [0.1, 0.15) is 10.6 Å². The summed E-state index contributed by atoms with van der Waals surface area (Å²) in [7, 11) is 1.43. The number of rotatable bonds is 3. The molecular weight excluding hydrogens is 224 g/mol. The molecule has 0 aliphatic rings. The Morgan fingerprint density at radius 2 is 2.18 bits per heavy atom. The Morgan fingerprint density at radius 1 is 1.35 bits per heavy atom. The van der Waals surface area contributed by atoms with Gasteiger partial charge >= 0.3 is 5.97 Å². The molecule has 5 heteroatoms. The van der Waals surface area contributed by atoms with Crippen LogP contribution < -0.4 is 9.47 Å². The Balaban J connectivity index is 2.14. The topological polar surface area (TPSA) is 68.9 Å². The summed E-state index contributed by atoms with van der Waals surface area (Å²) in [4.78, 5) is 11.5. The molecule has 0 saturated heterocycles. The number of hydrogen-bond acceptors (Lipinski definition) is 5. The van der Waals surface area contributed by atoms with Gasteiger partial charge in [0.25, 0.3) is 0 Å². The first-order chi connectivity index (χ1) is 8.20. The molecular formula is C12H10O5. The molecule has 2 rings (SSSR count). The largest absolute Gasteiger partial charge is 0.504 e. The molecule has 0 amide bonds. The van der Waals surface area contributed by atoms with Crippen molar-refractivity contribution in [2.45, 2.75) is 0 Å². The maximum absolute atomic E-state index is 11.5. The standard InChI is InChI=1S/C12H10O5/c1-15-10-5-4-8(7-9(10)13)17-12(14)11-3-2-6-16-11/h2-7,13H,1H3. The first kappa shape index (κ1) is 11.1. The van der Waals surface area contributed by atoms with Crippen LogP contribution in [0.25, 0.3) is 0 Å². The van der Waals surface area contributed by atoms with Crippen molar-refractivity contribution in [3.8, 4) is 17.2 Å². The van der Waals surface area contributed by atoms with Crippen molar-refractivity contribution in [1.82, 2.24) is 0 Å². The molecule has 0 radical (unpaired) electrons. The fourth-order valence-corrected chi connectivity index (χ4v) is 1.29. The minimum Gasteiger partial charge on any atom is -0.504 e. The van der Waals surface area contributed by atoms with Gasteiger partial charge in [0.15, 0.2) is 11.5 Å². The smallest absolute Gasteiger partial charge is 0.379 e. The summed E-state index contributed by atoms with van der Waals surface area (Å²) in [5.74, 6) is -0.107. The molecule has 17 heavy (non-hydrogen) atoms. The van der Waals surface area contributed by atoms with Crippen LogP contribution in [-0.4, -0.2) is 18.2 Å². The SMILES string of the molecule is COc1ccc(OC(=O)c2ccco2)cc1O. The third-order valence-electron chi connectivity index (χ3n) is 2.08. The zero-order chi connectivity index (χ0) is 12.3. The third kappa shape index (κ3) is 2.39. The number of ether oxygens (including phenoxy) is 2. The summed E-state index contributed by atoms with van der Waals surface area (Å²) >= 11 is 0. The lowest BCUT2D eigenvalue weighted by molar-refractivity contribution is 0.0701. The van der Waals surface area contributed by atoms with Gasteiger partial charge in [-0.05, 0) is 24.3 Å². The Bertz CT molecular complexity index is 516. The second-order valence-electron chi connectivity index (χ2n) is 3.20. The quantitative estimate of drug-likeness (QED) is 0.651. The zero-order valence-corrected chi connectivity index (χ0v) is 9.04. The normalized spacial score (nSPS) is 9.94. The predicted octanol–water partition coefficient (Wildman–Crippen LogP) is 2.21. The number of esters is 1. The van der Waals surface area contributed by atoms with Crippen LogP contribution in [0.15, 0.2) is 41.0 Å². The summed E-state index contributed by atoms with van der Waals surface area (Å²) in [5, 5.41) is 9.50. The van der Waals surface area contributed by atoms with E-state index in [0.29, 0.717) is 5.75 Å². The van der Waals surface area contributed by atoms with Gasteiger partial charge in [0.05, 0.1) is 13.4 Å². The van der Waals surface area contributed by atoms with E-state index in [4.69, 9.17) is 13.9 Å². The maximum atomic E-state index is 11.5. The summed E-state index contributed by atoms with van der Waals surface area (Å²) in [6.07, 6.45) is 1.38. The Kier molecular flexibility index (Phi) is 3.00. The average molecular weight is 234 g/mol. The van der Waals surface area contributed by atoms with Crippen LogP contribution in [0, 0.1) is 0 Å². The van der Waals surface area contributed by atoms with Crippen LogP contribution in [-0.2, 0) is 0 Å². The van der Waals surface area contributed by atoms with E-state index in [-0.39, 0.29) is 17.3 Å². The average Bonchev–Trinajstić information content (AvgIpc) is 2.82. The number of phenolic OH excluding ortho intramolecular Hbond substituents is 1. The fourth-order valence-electron chi connectivity index (χ4n) is 1.29. The van der Waals surface area contributed by atoms with E-state index in [0.717, 1.165) is 0 Å². The van der Waals surface area contributed by atoms with E-state index in [9.17, 15) is 9.90 Å². The number of aromatic hydroxyl groups is 1. The molecule has 0 aliphatic carbocycles. The molecule has 0 spiro atoms. The molecule has 1 aromatic heterocycles. The van der Waals surface area contributed by atoms with Gasteiger partial charge in [-0.1, -0.05) is 0 Å². The first-order valence-corrected chi connectivity index (χ1v) is 4.83. The minimum atomic E-state index is -0.625. The van der Waals surface area contributed by atoms with E-state index in [1.807, 2.05) is 0 Å². The Hall–Kier alpha value is -2.43. The second-order valence-corrected chi connectivity index (χ2v) is 3.20. The number of hydrogen-bond donors (Lipinski definition) is 1. The van der Waals surface area contributed by atoms with Gasteiger partial charge in [-0.2, -0.15) is 0 Å². The highest BCUT2D eigenvalue weighted by molar-refractivity contribution is 5.88. The number of methoxy groups -OCH3 is 1. The van der Waals surface area contributed by atoms with Crippen molar-refractivity contribution in [3.05, 3.63) is 42.4 Å². The van der Waals surface area contributed by atoms with Crippen molar-refractivity contribution in [2.24, 2.45) is 0 Å². The molecule has 0 atom stereocenters. The maximum Gasteiger partial charge on any atom is 0.379 e. The van der Waals surface area contributed by atoms with Gasteiger partial charge in [0.2, 0.25) is 5.76 Å². The fraction of sp³-hybridized carbons (Fsp3) is 0.0833. The molecule has 0 fully saturated rings. The number of carbonyl (C=O) groups excluding carboxylic acids is 1. The number of phenols is 1. The minimum absolute atomic E-state index is 0.0975. The molecule has 88 valence electrons. The molecule has 2 aromatic rings. The lowest BCUT2D eigenvalue weighted by Gasteiger charge is -2.06. The molecule has 5 nitrogen and oxygen atoms in total. The number of carbonyl (C=O) groups is 1. The van der Waals surface area contributed by atoms with E-state index >= 15 is 0 Å². The molecule has 0 unspecified atom stereocenters. The summed E-state index contributed by atoms with van der Waals surface area (Å²) in [6.45, 7) is 0. The van der Waals surface area contributed by atoms with E-state index in [1.54, 1.807) is 6.07 Å². The summed E-state index contributed by atoms with van der Waals surface area (Å²) in [5.41, 5.74) is 0. The Labute approximate surface area is 97.2 Å². The van der Waals surface area contributed by atoms with Crippen molar-refractivity contribution in [1.29, 1.82) is 0 Å². The van der Waals surface area contributed by atoms with Gasteiger partial charge in [-0.15, -0.1) is 0 Å². The first-order valence-electron chi connectivity index (χ1n) is 4.83. The van der Waals surface area contributed by atoms with Gasteiger partial charge in [-0.3, -0.25) is 0 Å². The Morgan fingerprint density at radius 3 is 2.76 bits per heavy atom. The molecule has 1 aromatic carbocycles. The summed E-state index contributed by atoms with van der Waals surface area (Å²) in [6, 6.07) is 7.38.